The summed E-state index contributed by atoms with van der Waals surface area (Å²) in [6.45, 7) is 0. The van der Waals surface area contributed by atoms with Crippen LogP contribution >= 0.6 is 0 Å². The molecule has 0 aliphatic rings. The maximum absolute atomic E-state index is 10.8. The fraction of sp³-hybridized carbons (Fsp3) is 0.900. The van der Waals surface area contributed by atoms with Crippen LogP contribution in [-0.4, -0.2) is 22.2 Å². The maximum Gasteiger partial charge on any atom is 0.243 e. The van der Waals surface area contributed by atoms with Gasteiger partial charge < -0.3 is 0 Å². The molecule has 6 nitrogen and oxygen atoms in total. The van der Waals surface area contributed by atoms with Crippen molar-refractivity contribution in [3.63, 3.8) is 0 Å². The van der Waals surface area contributed by atoms with E-state index in [0.717, 1.165) is 25.7 Å². The smallest absolute Gasteiger partial charge is 0.243 e. The van der Waals surface area contributed by atoms with Crippen LogP contribution < -0.4 is 11.0 Å². The van der Waals surface area contributed by atoms with E-state index in [9.17, 15) is 9.59 Å². The second-order valence-electron chi connectivity index (χ2n) is 7.23. The third-order valence-corrected chi connectivity index (χ3v) is 4.81. The monoisotopic (exact) mass is 372 g/mol. The Morgan fingerprint density at radius 3 is 0.808 bits per heavy atom. The maximum atomic E-state index is 10.8. The molecule has 0 saturated heterocycles. The first-order valence-corrected chi connectivity index (χ1v) is 10.6. The quantitative estimate of drug-likeness (QED) is 0.145. The second kappa shape index (κ2) is 20.2. The van der Waals surface area contributed by atoms with Gasteiger partial charge in [-0.3, -0.25) is 20.0 Å². The van der Waals surface area contributed by atoms with E-state index in [-0.39, 0.29) is 11.8 Å². The SMILES string of the molecule is O=C(CCCCCCCCCCCCCCCCCCC(=O)NO)NO. The number of unbranched alkanes of at least 4 members (excludes halogenated alkanes) is 15. The highest BCUT2D eigenvalue weighted by Crippen LogP contribution is 2.14. The number of carbonyl (C=O) groups excluding carboxylic acids is 2. The van der Waals surface area contributed by atoms with Crippen LogP contribution in [0.3, 0.4) is 0 Å². The van der Waals surface area contributed by atoms with Gasteiger partial charge in [0.15, 0.2) is 0 Å². The number of hydrogen-bond acceptors (Lipinski definition) is 4. The van der Waals surface area contributed by atoms with Gasteiger partial charge in [0.25, 0.3) is 0 Å². The predicted molar refractivity (Wildman–Crippen MR) is 103 cm³/mol. The minimum atomic E-state index is -0.280. The van der Waals surface area contributed by atoms with Gasteiger partial charge in [-0.2, -0.15) is 0 Å². The summed E-state index contributed by atoms with van der Waals surface area (Å²) in [5, 5.41) is 16.8. The topological polar surface area (TPSA) is 98.7 Å². The van der Waals surface area contributed by atoms with E-state index in [1.807, 2.05) is 0 Å². The first kappa shape index (κ1) is 24.9. The fourth-order valence-electron chi connectivity index (χ4n) is 3.16. The van der Waals surface area contributed by atoms with Crippen LogP contribution in [0.2, 0.25) is 0 Å². The van der Waals surface area contributed by atoms with Gasteiger partial charge in [0, 0.05) is 12.8 Å². The number of hydroxylamine groups is 2. The van der Waals surface area contributed by atoms with E-state index in [2.05, 4.69) is 0 Å². The van der Waals surface area contributed by atoms with E-state index in [0.29, 0.717) is 12.8 Å². The summed E-state index contributed by atoms with van der Waals surface area (Å²) in [4.78, 5) is 21.6. The molecular weight excluding hydrogens is 332 g/mol. The van der Waals surface area contributed by atoms with Crippen molar-refractivity contribution in [3.05, 3.63) is 0 Å². The molecule has 0 unspecified atom stereocenters. The first-order valence-electron chi connectivity index (χ1n) is 10.6. The molecule has 6 heteroatoms. The van der Waals surface area contributed by atoms with E-state index in [1.54, 1.807) is 11.0 Å². The van der Waals surface area contributed by atoms with Crippen LogP contribution in [0, 0.1) is 0 Å². The average Bonchev–Trinajstić information content (AvgIpc) is 2.66. The van der Waals surface area contributed by atoms with Gasteiger partial charge in [-0.25, -0.2) is 11.0 Å². The van der Waals surface area contributed by atoms with Crippen LogP contribution in [0.1, 0.15) is 116 Å². The van der Waals surface area contributed by atoms with Crippen LogP contribution in [-0.2, 0) is 9.59 Å². The Bertz CT molecular complexity index is 306. The van der Waals surface area contributed by atoms with Crippen molar-refractivity contribution >= 4 is 11.8 Å². The summed E-state index contributed by atoms with van der Waals surface area (Å²) in [6, 6.07) is 0. The zero-order valence-electron chi connectivity index (χ0n) is 16.4. The fourth-order valence-corrected chi connectivity index (χ4v) is 3.16. The minimum Gasteiger partial charge on any atom is -0.289 e. The Hall–Kier alpha value is -1.14. The highest BCUT2D eigenvalue weighted by molar-refractivity contribution is 5.74. The Balaban J connectivity index is 3.05. The number of hydrogen-bond donors (Lipinski definition) is 4. The summed E-state index contributed by atoms with van der Waals surface area (Å²) in [7, 11) is 0. The minimum absolute atomic E-state index is 0.280. The normalized spacial score (nSPS) is 10.7. The molecule has 154 valence electrons. The molecule has 0 heterocycles. The lowest BCUT2D eigenvalue weighted by Crippen LogP contribution is -2.17. The van der Waals surface area contributed by atoms with Crippen molar-refractivity contribution in [2.24, 2.45) is 0 Å². The van der Waals surface area contributed by atoms with Gasteiger partial charge in [-0.1, -0.05) is 89.9 Å². The summed E-state index contributed by atoms with van der Waals surface area (Å²) in [5.41, 5.74) is 3.33. The number of nitrogens with one attached hydrogen (secondary N) is 2. The molecule has 0 rings (SSSR count). The molecule has 0 aliphatic heterocycles. The van der Waals surface area contributed by atoms with Crippen molar-refractivity contribution < 1.29 is 20.0 Å². The van der Waals surface area contributed by atoms with E-state index in [4.69, 9.17) is 10.4 Å². The highest BCUT2D eigenvalue weighted by atomic mass is 16.5. The molecule has 0 aromatic carbocycles. The third kappa shape index (κ3) is 19.2. The lowest BCUT2D eigenvalue weighted by atomic mass is 10.0. The average molecular weight is 373 g/mol. The molecule has 0 fully saturated rings. The van der Waals surface area contributed by atoms with Crippen LogP contribution in [0.15, 0.2) is 0 Å². The standard InChI is InChI=1S/C20H40N2O4/c23-19(21-25)17-15-13-11-9-7-5-3-1-2-4-6-8-10-12-14-16-18-20(24)22-26/h25-26H,1-18H2,(H,21,23)(H,22,24). The molecule has 0 spiro atoms. The van der Waals surface area contributed by atoms with E-state index < -0.39 is 0 Å². The van der Waals surface area contributed by atoms with Crippen LogP contribution in [0.25, 0.3) is 0 Å². The summed E-state index contributed by atoms with van der Waals surface area (Å²) >= 11 is 0. The van der Waals surface area contributed by atoms with Crippen molar-refractivity contribution in [2.45, 2.75) is 116 Å². The van der Waals surface area contributed by atoms with E-state index >= 15 is 0 Å². The Labute approximate surface area is 159 Å². The van der Waals surface area contributed by atoms with Crippen LogP contribution in [0.5, 0.6) is 0 Å². The third-order valence-electron chi connectivity index (χ3n) is 4.81. The highest BCUT2D eigenvalue weighted by Gasteiger charge is 1.99. The van der Waals surface area contributed by atoms with Gasteiger partial charge in [-0.15, -0.1) is 0 Å². The van der Waals surface area contributed by atoms with Crippen molar-refractivity contribution in [2.75, 3.05) is 0 Å². The van der Waals surface area contributed by atoms with Gasteiger partial charge in [0.2, 0.25) is 11.8 Å². The van der Waals surface area contributed by atoms with Gasteiger partial charge in [0.1, 0.15) is 0 Å². The Morgan fingerprint density at radius 2 is 0.615 bits per heavy atom. The Kier molecular flexibility index (Phi) is 19.3. The summed E-state index contributed by atoms with van der Waals surface area (Å²) in [5.74, 6) is -0.561. The van der Waals surface area contributed by atoms with Crippen molar-refractivity contribution in [1.29, 1.82) is 0 Å². The molecule has 26 heavy (non-hydrogen) atoms. The lowest BCUT2D eigenvalue weighted by molar-refractivity contribution is -0.130. The van der Waals surface area contributed by atoms with Crippen LogP contribution in [0.4, 0.5) is 0 Å². The molecule has 2 amide bonds. The zero-order valence-corrected chi connectivity index (χ0v) is 16.4. The van der Waals surface area contributed by atoms with Crippen molar-refractivity contribution in [3.8, 4) is 0 Å². The molecule has 0 saturated carbocycles. The number of amides is 2. The van der Waals surface area contributed by atoms with E-state index in [1.165, 1.54) is 77.0 Å². The molecule has 0 aromatic rings. The van der Waals surface area contributed by atoms with Crippen molar-refractivity contribution in [1.82, 2.24) is 11.0 Å². The predicted octanol–water partition coefficient (Wildman–Crippen LogP) is 5.02. The molecule has 0 bridgehead atoms. The zero-order chi connectivity index (χ0) is 19.3. The molecule has 0 aliphatic carbocycles. The first-order chi connectivity index (χ1) is 12.7. The van der Waals surface area contributed by atoms with Gasteiger partial charge in [-0.05, 0) is 12.8 Å². The van der Waals surface area contributed by atoms with Gasteiger partial charge in [0.05, 0.1) is 0 Å². The largest absolute Gasteiger partial charge is 0.289 e. The molecule has 0 aromatic heterocycles. The summed E-state index contributed by atoms with van der Waals surface area (Å²) < 4.78 is 0. The number of rotatable bonds is 19. The molecule has 4 N–H and O–H groups in total. The molecular formula is C20H40N2O4. The number of carbonyl (C=O) groups is 2. The van der Waals surface area contributed by atoms with Gasteiger partial charge >= 0.3 is 0 Å². The summed E-state index contributed by atoms with van der Waals surface area (Å²) in [6.07, 6.45) is 20.2. The Morgan fingerprint density at radius 1 is 0.423 bits per heavy atom. The second-order valence-corrected chi connectivity index (χ2v) is 7.23. The lowest BCUT2D eigenvalue weighted by Gasteiger charge is -2.04. The molecule has 0 radical (unpaired) electrons. The molecule has 0 atom stereocenters.